The summed E-state index contributed by atoms with van der Waals surface area (Å²) < 4.78 is 18.5. The standard InChI is InChI=1S/C16H12ClFN4O2/c17-11-7-10(4-5-12(11)18)9-20-14(23)8-15-21-22-16(24-15)13-3-1-2-6-19-13/h1-7H,8-9H2,(H,20,23). The van der Waals surface area contributed by atoms with Crippen molar-refractivity contribution in [3.63, 3.8) is 0 Å². The number of carbonyl (C=O) groups excluding carboxylic acids is 1. The Hall–Kier alpha value is -2.80. The molecule has 0 unspecified atom stereocenters. The summed E-state index contributed by atoms with van der Waals surface area (Å²) in [6, 6.07) is 9.57. The lowest BCUT2D eigenvalue weighted by Gasteiger charge is -2.04. The van der Waals surface area contributed by atoms with Gasteiger partial charge >= 0.3 is 0 Å². The lowest BCUT2D eigenvalue weighted by Crippen LogP contribution is -2.24. The van der Waals surface area contributed by atoms with Crippen molar-refractivity contribution in [2.45, 2.75) is 13.0 Å². The van der Waals surface area contributed by atoms with E-state index < -0.39 is 5.82 Å². The van der Waals surface area contributed by atoms with Crippen LogP contribution in [0.2, 0.25) is 5.02 Å². The molecule has 1 N–H and O–H groups in total. The molecule has 122 valence electrons. The summed E-state index contributed by atoms with van der Waals surface area (Å²) in [7, 11) is 0. The van der Waals surface area contributed by atoms with Gasteiger partial charge in [0.25, 0.3) is 5.89 Å². The van der Waals surface area contributed by atoms with E-state index in [4.69, 9.17) is 16.0 Å². The molecular weight excluding hydrogens is 335 g/mol. The number of hydrogen-bond donors (Lipinski definition) is 1. The van der Waals surface area contributed by atoms with Crippen LogP contribution in [0.1, 0.15) is 11.5 Å². The average Bonchev–Trinajstić information content (AvgIpc) is 3.05. The van der Waals surface area contributed by atoms with Crippen LogP contribution < -0.4 is 5.32 Å². The number of hydrogen-bond acceptors (Lipinski definition) is 5. The molecule has 3 rings (SSSR count). The minimum Gasteiger partial charge on any atom is -0.419 e. The third kappa shape index (κ3) is 3.94. The number of nitrogens with one attached hydrogen (secondary N) is 1. The molecule has 1 aromatic carbocycles. The zero-order valence-electron chi connectivity index (χ0n) is 12.4. The Morgan fingerprint density at radius 3 is 2.88 bits per heavy atom. The van der Waals surface area contributed by atoms with Gasteiger partial charge in [0.15, 0.2) is 0 Å². The van der Waals surface area contributed by atoms with Crippen molar-refractivity contribution in [1.29, 1.82) is 0 Å². The third-order valence-electron chi connectivity index (χ3n) is 3.14. The number of benzene rings is 1. The molecule has 0 fully saturated rings. The number of amides is 1. The van der Waals surface area contributed by atoms with Crippen molar-refractivity contribution >= 4 is 17.5 Å². The number of rotatable bonds is 5. The van der Waals surface area contributed by atoms with Crippen molar-refractivity contribution < 1.29 is 13.6 Å². The minimum absolute atomic E-state index is 0.0126. The van der Waals surface area contributed by atoms with E-state index in [0.29, 0.717) is 11.3 Å². The number of aromatic nitrogens is 3. The first kappa shape index (κ1) is 16.1. The van der Waals surface area contributed by atoms with E-state index in [2.05, 4.69) is 20.5 Å². The van der Waals surface area contributed by atoms with Gasteiger partial charge in [-0.3, -0.25) is 9.78 Å². The maximum atomic E-state index is 13.1. The van der Waals surface area contributed by atoms with Gasteiger partial charge in [0.2, 0.25) is 11.8 Å². The highest BCUT2D eigenvalue weighted by Crippen LogP contribution is 2.16. The van der Waals surface area contributed by atoms with Crippen LogP contribution in [0.15, 0.2) is 47.0 Å². The van der Waals surface area contributed by atoms with Gasteiger partial charge in [-0.2, -0.15) is 0 Å². The molecule has 0 aliphatic carbocycles. The van der Waals surface area contributed by atoms with Crippen LogP contribution in [0.5, 0.6) is 0 Å². The summed E-state index contributed by atoms with van der Waals surface area (Å²) in [5.41, 5.74) is 1.23. The van der Waals surface area contributed by atoms with E-state index in [1.165, 1.54) is 12.1 Å². The smallest absolute Gasteiger partial charge is 0.266 e. The quantitative estimate of drug-likeness (QED) is 0.768. The van der Waals surface area contributed by atoms with Gasteiger partial charge in [-0.05, 0) is 29.8 Å². The second kappa shape index (κ2) is 7.18. The normalized spacial score (nSPS) is 10.6. The summed E-state index contributed by atoms with van der Waals surface area (Å²) in [5.74, 6) is -0.361. The minimum atomic E-state index is -0.500. The van der Waals surface area contributed by atoms with E-state index in [9.17, 15) is 9.18 Å². The van der Waals surface area contributed by atoms with Gasteiger partial charge in [0.1, 0.15) is 17.9 Å². The predicted octanol–water partition coefficient (Wildman–Crippen LogP) is 2.78. The van der Waals surface area contributed by atoms with Gasteiger partial charge in [-0.25, -0.2) is 4.39 Å². The molecule has 0 aliphatic rings. The predicted molar refractivity (Wildman–Crippen MR) is 84.5 cm³/mol. The van der Waals surface area contributed by atoms with Crippen LogP contribution >= 0.6 is 11.6 Å². The molecule has 1 amide bonds. The first-order chi connectivity index (χ1) is 11.6. The van der Waals surface area contributed by atoms with Crippen molar-refractivity contribution in [2.75, 3.05) is 0 Å². The molecule has 0 atom stereocenters. The lowest BCUT2D eigenvalue weighted by molar-refractivity contribution is -0.120. The van der Waals surface area contributed by atoms with Crippen LogP contribution in [-0.2, 0) is 17.8 Å². The van der Waals surface area contributed by atoms with E-state index in [1.54, 1.807) is 30.5 Å². The highest BCUT2D eigenvalue weighted by Gasteiger charge is 2.13. The van der Waals surface area contributed by atoms with Gasteiger partial charge in [-0.15, -0.1) is 10.2 Å². The molecule has 6 nitrogen and oxygen atoms in total. The van der Waals surface area contributed by atoms with Crippen LogP contribution in [0.3, 0.4) is 0 Å². The maximum absolute atomic E-state index is 13.1. The Morgan fingerprint density at radius 1 is 1.25 bits per heavy atom. The van der Waals surface area contributed by atoms with E-state index >= 15 is 0 Å². The highest BCUT2D eigenvalue weighted by atomic mass is 35.5. The van der Waals surface area contributed by atoms with Crippen molar-refractivity contribution in [1.82, 2.24) is 20.5 Å². The molecule has 0 aliphatic heterocycles. The monoisotopic (exact) mass is 346 g/mol. The van der Waals surface area contributed by atoms with Gasteiger partial charge < -0.3 is 9.73 Å². The summed E-state index contributed by atoms with van der Waals surface area (Å²) in [4.78, 5) is 16.0. The van der Waals surface area contributed by atoms with E-state index in [1.807, 2.05) is 0 Å². The van der Waals surface area contributed by atoms with Crippen LogP contribution in [0, 0.1) is 5.82 Å². The summed E-state index contributed by atoms with van der Waals surface area (Å²) in [5, 5.41) is 10.4. The van der Waals surface area contributed by atoms with Crippen LogP contribution in [-0.4, -0.2) is 21.1 Å². The van der Waals surface area contributed by atoms with Gasteiger partial charge in [0.05, 0.1) is 5.02 Å². The van der Waals surface area contributed by atoms with Gasteiger partial charge in [-0.1, -0.05) is 23.7 Å². The third-order valence-corrected chi connectivity index (χ3v) is 3.43. The van der Waals surface area contributed by atoms with Crippen LogP contribution in [0.4, 0.5) is 4.39 Å². The Kier molecular flexibility index (Phi) is 4.81. The molecule has 3 aromatic rings. The molecule has 24 heavy (non-hydrogen) atoms. The summed E-state index contributed by atoms with van der Waals surface area (Å²) >= 11 is 5.69. The molecule has 0 spiro atoms. The second-order valence-corrected chi connectivity index (χ2v) is 5.33. The molecule has 8 heteroatoms. The zero-order chi connectivity index (χ0) is 16.9. The number of halogens is 2. The molecule has 2 aromatic heterocycles. The first-order valence-corrected chi connectivity index (χ1v) is 7.44. The van der Waals surface area contributed by atoms with Crippen molar-refractivity contribution in [3.8, 4) is 11.6 Å². The van der Waals surface area contributed by atoms with Crippen LogP contribution in [0.25, 0.3) is 11.6 Å². The number of carbonyl (C=O) groups is 1. The fourth-order valence-electron chi connectivity index (χ4n) is 1.97. The zero-order valence-corrected chi connectivity index (χ0v) is 13.1. The lowest BCUT2D eigenvalue weighted by atomic mass is 10.2. The highest BCUT2D eigenvalue weighted by molar-refractivity contribution is 6.30. The summed E-state index contributed by atoms with van der Waals surface area (Å²) in [6.45, 7) is 0.222. The molecule has 0 saturated carbocycles. The summed E-state index contributed by atoms with van der Waals surface area (Å²) in [6.07, 6.45) is 1.55. The topological polar surface area (TPSA) is 80.9 Å². The molecule has 0 saturated heterocycles. The number of nitrogens with zero attached hydrogens (tertiary/aromatic N) is 3. The largest absolute Gasteiger partial charge is 0.419 e. The fourth-order valence-corrected chi connectivity index (χ4v) is 2.17. The van der Waals surface area contributed by atoms with E-state index in [-0.39, 0.29) is 35.7 Å². The molecule has 0 radical (unpaired) electrons. The Labute approximate surface area is 141 Å². The fraction of sp³-hybridized carbons (Fsp3) is 0.125. The van der Waals surface area contributed by atoms with Gasteiger partial charge in [0, 0.05) is 12.7 Å². The van der Waals surface area contributed by atoms with Crippen molar-refractivity contribution in [2.24, 2.45) is 0 Å². The maximum Gasteiger partial charge on any atom is 0.266 e. The van der Waals surface area contributed by atoms with E-state index in [0.717, 1.165) is 0 Å². The Balaban J connectivity index is 1.57. The SMILES string of the molecule is O=C(Cc1nnc(-c2ccccn2)o1)NCc1ccc(F)c(Cl)c1. The molecule has 2 heterocycles. The molecular formula is C16H12ClFN4O2. The average molecular weight is 347 g/mol. The second-order valence-electron chi connectivity index (χ2n) is 4.92. The Bertz CT molecular complexity index is 854. The van der Waals surface area contributed by atoms with Crippen molar-refractivity contribution in [3.05, 3.63) is 64.9 Å². The number of pyridine rings is 1. The first-order valence-electron chi connectivity index (χ1n) is 7.06. The molecule has 0 bridgehead atoms. The Morgan fingerprint density at radius 2 is 2.12 bits per heavy atom.